The lowest BCUT2D eigenvalue weighted by Crippen LogP contribution is -2.10. The average molecular weight is 463 g/mol. The molecule has 0 radical (unpaired) electrons. The smallest absolute Gasteiger partial charge is 0.407 e. The van der Waals surface area contributed by atoms with Crippen molar-refractivity contribution in [1.82, 2.24) is 0 Å². The molecular weight excluding hydrogens is 435 g/mol. The summed E-state index contributed by atoms with van der Waals surface area (Å²) in [6.07, 6.45) is 7.41. The third-order valence-electron chi connectivity index (χ3n) is 4.64. The number of benzene rings is 3. The lowest BCUT2D eigenvalue weighted by atomic mass is 10.1. The Bertz CT molecular complexity index is 998. The first kappa shape index (κ1) is 23.6. The highest BCUT2D eigenvalue weighted by molar-refractivity contribution is 8.08. The van der Waals surface area contributed by atoms with E-state index in [1.807, 2.05) is 91.0 Å². The number of allylic oxidation sites excluding steroid dienone is 3. The molecule has 3 rings (SSSR count). The molecule has 0 fully saturated rings. The van der Waals surface area contributed by atoms with E-state index >= 15 is 0 Å². The molecule has 0 spiro atoms. The maximum atomic E-state index is 6.34. The topological polar surface area (TPSA) is 27.7 Å². The van der Waals surface area contributed by atoms with Gasteiger partial charge < -0.3 is 13.6 Å². The van der Waals surface area contributed by atoms with Crippen LogP contribution in [0.4, 0.5) is 0 Å². The molecule has 0 aliphatic carbocycles. The quantitative estimate of drug-likeness (QED) is 0.204. The molecule has 0 amide bonds. The summed E-state index contributed by atoms with van der Waals surface area (Å²) in [5, 5.41) is 0. The summed E-state index contributed by atoms with van der Waals surface area (Å²) in [4.78, 5) is 0. The van der Waals surface area contributed by atoms with E-state index < -0.39 is 6.72 Å². The Morgan fingerprint density at radius 1 is 0.562 bits per heavy atom. The largest absolute Gasteiger partial charge is 0.490 e. The number of para-hydroxylation sites is 3. The van der Waals surface area contributed by atoms with Crippen LogP contribution in [0.1, 0.15) is 16.7 Å². The Labute approximate surface area is 195 Å². The third-order valence-corrected chi connectivity index (χ3v) is 6.57. The molecule has 164 valence electrons. The Morgan fingerprint density at radius 3 is 1.12 bits per heavy atom. The summed E-state index contributed by atoms with van der Waals surface area (Å²) in [7, 11) is 0. The van der Waals surface area contributed by atoms with Gasteiger partial charge >= 0.3 is 6.72 Å². The van der Waals surface area contributed by atoms with Crippen LogP contribution in [0.3, 0.4) is 0 Å². The monoisotopic (exact) mass is 462 g/mol. The predicted octanol–water partition coefficient (Wildman–Crippen LogP) is 7.63. The molecule has 0 heterocycles. The van der Waals surface area contributed by atoms with Crippen molar-refractivity contribution in [3.63, 3.8) is 0 Å². The van der Waals surface area contributed by atoms with E-state index in [4.69, 9.17) is 25.4 Å². The molecule has 0 saturated heterocycles. The standard InChI is InChI=1S/C27H27O3PS/c1-4-13-22-16-7-10-19-25(22)28-31(32,29-26-20-11-8-17-23(26)14-5-2)30-27-21-12-9-18-24(27)15-6-3/h4-12,16-21H,1-3,13-15H2. The normalized spacial score (nSPS) is 10.8. The molecule has 5 heteroatoms. The zero-order valence-corrected chi connectivity index (χ0v) is 19.7. The Morgan fingerprint density at radius 2 is 0.844 bits per heavy atom. The van der Waals surface area contributed by atoms with Gasteiger partial charge in [0.05, 0.1) is 0 Å². The van der Waals surface area contributed by atoms with Gasteiger partial charge in [0.1, 0.15) is 17.2 Å². The second kappa shape index (κ2) is 11.5. The van der Waals surface area contributed by atoms with Crippen molar-refractivity contribution >= 4 is 18.5 Å². The van der Waals surface area contributed by atoms with Crippen LogP contribution in [0.2, 0.25) is 0 Å². The zero-order valence-electron chi connectivity index (χ0n) is 18.0. The molecule has 0 bridgehead atoms. The fourth-order valence-electron chi connectivity index (χ4n) is 3.17. The minimum atomic E-state index is -3.31. The van der Waals surface area contributed by atoms with Gasteiger partial charge in [-0.3, -0.25) is 0 Å². The van der Waals surface area contributed by atoms with Gasteiger partial charge in [-0.25, -0.2) is 0 Å². The van der Waals surface area contributed by atoms with Crippen LogP contribution in [0.5, 0.6) is 17.2 Å². The first-order valence-corrected chi connectivity index (χ1v) is 12.9. The highest BCUT2D eigenvalue weighted by Crippen LogP contribution is 2.52. The van der Waals surface area contributed by atoms with Crippen molar-refractivity contribution in [2.24, 2.45) is 0 Å². The number of rotatable bonds is 12. The molecule has 0 aliphatic heterocycles. The summed E-state index contributed by atoms with van der Waals surface area (Å²) in [5.41, 5.74) is 2.88. The van der Waals surface area contributed by atoms with E-state index in [1.165, 1.54) is 0 Å². The second-order valence-corrected chi connectivity index (χ2v) is 9.81. The summed E-state index contributed by atoms with van der Waals surface area (Å²) < 4.78 is 19.0. The maximum absolute atomic E-state index is 6.34. The number of hydrogen-bond acceptors (Lipinski definition) is 4. The van der Waals surface area contributed by atoms with Crippen molar-refractivity contribution in [2.45, 2.75) is 19.3 Å². The van der Waals surface area contributed by atoms with Crippen LogP contribution < -0.4 is 13.6 Å². The molecule has 0 atom stereocenters. The molecule has 3 aromatic carbocycles. The Balaban J connectivity index is 2.03. The highest BCUT2D eigenvalue weighted by atomic mass is 32.5. The van der Waals surface area contributed by atoms with Gasteiger partial charge in [0.15, 0.2) is 0 Å². The number of hydrogen-bond donors (Lipinski definition) is 0. The molecule has 0 unspecified atom stereocenters. The zero-order chi connectivity index (χ0) is 22.8. The van der Waals surface area contributed by atoms with Gasteiger partial charge in [0.25, 0.3) is 0 Å². The van der Waals surface area contributed by atoms with Gasteiger partial charge in [0, 0.05) is 11.8 Å². The van der Waals surface area contributed by atoms with Gasteiger partial charge in [-0.1, -0.05) is 72.8 Å². The highest BCUT2D eigenvalue weighted by Gasteiger charge is 2.29. The van der Waals surface area contributed by atoms with Crippen LogP contribution in [0.25, 0.3) is 0 Å². The fraction of sp³-hybridized carbons (Fsp3) is 0.111. The van der Waals surface area contributed by atoms with Gasteiger partial charge in [0.2, 0.25) is 0 Å². The van der Waals surface area contributed by atoms with Crippen LogP contribution in [0.15, 0.2) is 111 Å². The van der Waals surface area contributed by atoms with E-state index in [-0.39, 0.29) is 0 Å². The van der Waals surface area contributed by atoms with E-state index in [0.29, 0.717) is 36.5 Å². The van der Waals surface area contributed by atoms with E-state index in [0.717, 1.165) is 16.7 Å². The van der Waals surface area contributed by atoms with Crippen LogP contribution in [-0.4, -0.2) is 0 Å². The van der Waals surface area contributed by atoms with E-state index in [9.17, 15) is 0 Å². The average Bonchev–Trinajstić information content (AvgIpc) is 2.78. The fourth-order valence-corrected chi connectivity index (χ4v) is 5.26. The molecule has 3 nitrogen and oxygen atoms in total. The SMILES string of the molecule is C=CCc1ccccc1OP(=S)(Oc1ccccc1CC=C)Oc1ccccc1CC=C. The van der Waals surface area contributed by atoms with E-state index in [1.54, 1.807) is 0 Å². The molecule has 32 heavy (non-hydrogen) atoms. The minimum Gasteiger partial charge on any atom is -0.407 e. The van der Waals surface area contributed by atoms with Crippen molar-refractivity contribution in [3.05, 3.63) is 127 Å². The molecular formula is C27H27O3PS. The van der Waals surface area contributed by atoms with Crippen molar-refractivity contribution in [2.75, 3.05) is 0 Å². The summed E-state index contributed by atoms with van der Waals surface area (Å²) in [6, 6.07) is 23.1. The lowest BCUT2D eigenvalue weighted by molar-refractivity contribution is 0.380. The summed E-state index contributed by atoms with van der Waals surface area (Å²) >= 11 is 5.95. The second-order valence-electron chi connectivity index (χ2n) is 7.02. The molecule has 3 aromatic rings. The van der Waals surface area contributed by atoms with Crippen molar-refractivity contribution in [1.29, 1.82) is 0 Å². The third kappa shape index (κ3) is 6.23. The van der Waals surface area contributed by atoms with E-state index in [2.05, 4.69) is 19.7 Å². The molecule has 0 N–H and O–H groups in total. The van der Waals surface area contributed by atoms with Crippen molar-refractivity contribution in [3.8, 4) is 17.2 Å². The van der Waals surface area contributed by atoms with Gasteiger partial charge in [-0.15, -0.1) is 19.7 Å². The van der Waals surface area contributed by atoms with Crippen LogP contribution >= 0.6 is 6.72 Å². The van der Waals surface area contributed by atoms with Crippen molar-refractivity contribution < 1.29 is 13.6 Å². The first-order chi connectivity index (χ1) is 15.6. The van der Waals surface area contributed by atoms with Gasteiger partial charge in [-0.05, 0) is 54.2 Å². The van der Waals surface area contributed by atoms with Crippen LogP contribution in [-0.2, 0) is 31.1 Å². The Hall–Kier alpha value is -3.07. The Kier molecular flexibility index (Phi) is 8.49. The first-order valence-electron chi connectivity index (χ1n) is 10.3. The predicted molar refractivity (Wildman–Crippen MR) is 137 cm³/mol. The molecule has 0 saturated carbocycles. The van der Waals surface area contributed by atoms with Crippen LogP contribution in [0, 0.1) is 0 Å². The molecule has 0 aliphatic rings. The minimum absolute atomic E-state index is 0.623. The molecule has 0 aromatic heterocycles. The lowest BCUT2D eigenvalue weighted by Gasteiger charge is -2.26. The van der Waals surface area contributed by atoms with Gasteiger partial charge in [-0.2, -0.15) is 0 Å². The summed E-state index contributed by atoms with van der Waals surface area (Å²) in [5.74, 6) is 1.87. The maximum Gasteiger partial charge on any atom is 0.490 e. The summed E-state index contributed by atoms with van der Waals surface area (Å²) in [6.45, 7) is 8.21.